The van der Waals surface area contributed by atoms with Crippen LogP contribution in [0.5, 0.6) is 0 Å². The third-order valence-electron chi connectivity index (χ3n) is 15.8. The van der Waals surface area contributed by atoms with Crippen LogP contribution in [-0.2, 0) is 62.3 Å². The van der Waals surface area contributed by atoms with Gasteiger partial charge in [-0.25, -0.2) is 24.0 Å². The van der Waals surface area contributed by atoms with Crippen LogP contribution in [0, 0.1) is 0 Å². The Labute approximate surface area is 562 Å². The molecule has 0 bridgehead atoms. The van der Waals surface area contributed by atoms with E-state index in [2.05, 4.69) is 31.9 Å². The molecule has 8 amide bonds. The first-order valence-electron chi connectivity index (χ1n) is 31.7. The second-order valence-corrected chi connectivity index (χ2v) is 30.6. The van der Waals surface area contributed by atoms with Crippen molar-refractivity contribution in [3.8, 4) is 0 Å². The van der Waals surface area contributed by atoms with E-state index in [4.69, 9.17) is 5.11 Å². The SMILES string of the molecule is CC(=O)CN1CCN(CC(=O)O)CCN(CC(=O)N[C@H](CNC(=O)c2ccc([Si]([18F])(C(C)(C)C)C(C)(C)C)cc2)C(=O)N[C@H](CCCCNC(=O)CCC(=O)NCCC[C@@H](NC(=O)CC[C@H](NC(=O)N[C@@H](CCC(=O)O)C(=O)O)C(=O)O)C(=O)O)C(=O)O)CCN(CC(=O)O)CC1. The second kappa shape index (κ2) is 41.4. The number of halogens is 1. The molecule has 15 N–H and O–H groups in total. The molecule has 0 saturated carbocycles. The number of nitrogens with one attached hydrogen (secondary N) is 8. The first-order chi connectivity index (χ1) is 45.2. The summed E-state index contributed by atoms with van der Waals surface area (Å²) in [4.78, 5) is 193. The molecule has 0 unspecified atom stereocenters. The summed E-state index contributed by atoms with van der Waals surface area (Å²) in [5, 5.41) is 84.7. The van der Waals surface area contributed by atoms with Crippen LogP contribution in [0.4, 0.5) is 8.90 Å². The molecule has 34 nitrogen and oxygen atoms in total. The zero-order chi connectivity index (χ0) is 73.4. The highest BCUT2D eigenvalue weighted by Gasteiger charge is 2.56. The van der Waals surface area contributed by atoms with Gasteiger partial charge < -0.3 is 82.4 Å². The van der Waals surface area contributed by atoms with Gasteiger partial charge in [-0.15, -0.1) is 0 Å². The number of aliphatic carboxylic acids is 7. The van der Waals surface area contributed by atoms with Gasteiger partial charge in [0.15, 0.2) is 0 Å². The van der Waals surface area contributed by atoms with Gasteiger partial charge >= 0.3 is 47.8 Å². The van der Waals surface area contributed by atoms with E-state index in [1.807, 2.05) is 52.2 Å². The topological polar surface area (TPSA) is 507 Å². The van der Waals surface area contributed by atoms with Crippen LogP contribution in [0.2, 0.25) is 10.1 Å². The highest BCUT2D eigenvalue weighted by Crippen LogP contribution is 2.51. The van der Waals surface area contributed by atoms with E-state index in [0.29, 0.717) is 5.19 Å². The normalized spacial score (nSPS) is 15.5. The number of carboxylic acid groups (broad SMARTS) is 7. The third-order valence-corrected chi connectivity index (χ3v) is 21.0. The maximum absolute atomic E-state index is 17.1. The Hall–Kier alpha value is -8.74. The quantitative estimate of drug-likeness (QED) is 0.0203. The number of unbranched alkanes of at least 4 members (excludes halogenated alkanes) is 1. The van der Waals surface area contributed by atoms with Crippen molar-refractivity contribution >= 4 is 103 Å². The van der Waals surface area contributed by atoms with Gasteiger partial charge in [0.25, 0.3) is 14.3 Å². The summed E-state index contributed by atoms with van der Waals surface area (Å²) in [6.45, 7) is 11.9. The lowest BCUT2D eigenvalue weighted by Gasteiger charge is -2.44. The summed E-state index contributed by atoms with van der Waals surface area (Å²) in [5.74, 6) is -14.5. The average molecular weight is 1400 g/mol. The van der Waals surface area contributed by atoms with Gasteiger partial charge in [0, 0.05) is 103 Å². The summed E-state index contributed by atoms with van der Waals surface area (Å²) < 4.78 is 17.1. The fraction of sp³-hybridized carbons (Fsp3) is 0.656. The predicted octanol–water partition coefficient (Wildman–Crippen LogP) is -1.44. The molecule has 97 heavy (non-hydrogen) atoms. The average Bonchev–Trinajstić information content (AvgIpc) is 0.749. The lowest BCUT2D eigenvalue weighted by Crippen LogP contribution is -2.58. The molecule has 1 aromatic rings. The number of Topliss-reactive ketones (excluding diaryl/α,β-unsaturated/α-hetero) is 1. The summed E-state index contributed by atoms with van der Waals surface area (Å²) in [7, 11) is -3.73. The van der Waals surface area contributed by atoms with Gasteiger partial charge in [-0.3, -0.25) is 67.5 Å². The van der Waals surface area contributed by atoms with Gasteiger partial charge in [0.05, 0.1) is 26.2 Å². The van der Waals surface area contributed by atoms with Gasteiger partial charge in [0.2, 0.25) is 29.5 Å². The van der Waals surface area contributed by atoms with Crippen LogP contribution in [0.25, 0.3) is 0 Å². The lowest BCUT2D eigenvalue weighted by molar-refractivity contribution is -0.143. The molecule has 36 heteroatoms. The van der Waals surface area contributed by atoms with Gasteiger partial charge in [-0.05, 0) is 79.3 Å². The van der Waals surface area contributed by atoms with Crippen LogP contribution in [-0.4, -0.2) is 281 Å². The van der Waals surface area contributed by atoms with Crippen molar-refractivity contribution in [1.29, 1.82) is 0 Å². The monoisotopic (exact) mass is 1400 g/mol. The minimum Gasteiger partial charge on any atom is -0.481 e. The molecule has 1 fully saturated rings. The van der Waals surface area contributed by atoms with Crippen LogP contribution in [0.15, 0.2) is 24.3 Å². The van der Waals surface area contributed by atoms with E-state index < -0.39 is 171 Å². The van der Waals surface area contributed by atoms with Crippen molar-refractivity contribution in [2.24, 2.45) is 0 Å². The zero-order valence-corrected chi connectivity index (χ0v) is 57.0. The number of benzene rings is 1. The van der Waals surface area contributed by atoms with Gasteiger partial charge in [-0.2, -0.15) is 0 Å². The summed E-state index contributed by atoms with van der Waals surface area (Å²) in [6.07, 6.45) is -2.96. The lowest BCUT2D eigenvalue weighted by atomic mass is 10.1. The highest BCUT2D eigenvalue weighted by molar-refractivity contribution is 6.90. The predicted molar refractivity (Wildman–Crippen MR) is 346 cm³/mol. The molecule has 2 rings (SSSR count). The minimum absolute atomic E-state index is 0.0127. The largest absolute Gasteiger partial charge is 0.481 e. The van der Waals surface area contributed by atoms with Crippen LogP contribution < -0.4 is 47.7 Å². The Morgan fingerprint density at radius 2 is 0.825 bits per heavy atom. The number of urea groups is 1. The smallest absolute Gasteiger partial charge is 0.326 e. The standard InChI is InChI=1S/C61H97FN12O22Si/c1-38(75)34-71-25-29-73(36-51(82)83)31-27-72(28-32-74(30-26-71)37-52(84)85)35-49(79)67-45(33-65-53(86)39-13-15-40(16-14-39)97(62,60(2,3)4)61(5,6)7)54(87)68-42(56(90)91)11-8-9-23-63-46(76)20-21-47(77)64-24-10-12-41(55(88)89)66-48(78)19-17-43(57(92)93)69-59(96)70-44(58(94)95)18-22-50(80)81/h13-16,41-45H,8-12,17-37H2,1-7H3,(H,63,76)(H,64,77)(H,65,86)(H,66,78)(H,67,79)(H,68,87)(H,80,81)(H,82,83)(H,84,85)(H,88,89)(H,90,91)(H,92,93)(H,94,95)(H2,69,70,96)/t41-,42-,43+,44+,45-/m1/s1/i62-1. The van der Waals surface area contributed by atoms with Gasteiger partial charge in [0.1, 0.15) is 36.0 Å². The molecule has 1 aliphatic rings. The molecular weight excluding hydrogens is 1300 g/mol. The number of rotatable bonds is 40. The van der Waals surface area contributed by atoms with E-state index in [9.17, 15) is 103 Å². The number of hydrogen-bond donors (Lipinski definition) is 15. The van der Waals surface area contributed by atoms with E-state index in [0.717, 1.165) is 0 Å². The van der Waals surface area contributed by atoms with E-state index >= 15 is 4.11 Å². The Morgan fingerprint density at radius 3 is 1.25 bits per heavy atom. The molecule has 544 valence electrons. The van der Waals surface area contributed by atoms with Crippen molar-refractivity contribution in [2.75, 3.05) is 98.2 Å². The second-order valence-electron chi connectivity index (χ2n) is 25.7. The fourth-order valence-corrected chi connectivity index (χ4v) is 15.4. The van der Waals surface area contributed by atoms with Crippen LogP contribution in [0.3, 0.4) is 0 Å². The Bertz CT molecular complexity index is 2870. The maximum atomic E-state index is 17.1. The van der Waals surface area contributed by atoms with Crippen molar-refractivity contribution in [3.05, 3.63) is 29.8 Å². The van der Waals surface area contributed by atoms with E-state index in [1.54, 1.807) is 31.7 Å². The Morgan fingerprint density at radius 1 is 0.433 bits per heavy atom. The number of carbonyl (C=O) groups is 15. The molecule has 0 spiro atoms. The van der Waals surface area contributed by atoms with Crippen molar-refractivity contribution in [3.63, 3.8) is 0 Å². The number of amides is 8. The van der Waals surface area contributed by atoms with Crippen molar-refractivity contribution in [2.45, 2.75) is 159 Å². The van der Waals surface area contributed by atoms with Crippen LogP contribution >= 0.6 is 0 Å². The van der Waals surface area contributed by atoms with Crippen molar-refractivity contribution in [1.82, 2.24) is 62.1 Å². The first-order valence-corrected chi connectivity index (χ1v) is 33.6. The Balaban J connectivity index is 2.11. The number of ketones is 1. The van der Waals surface area contributed by atoms with Crippen molar-refractivity contribution < 1.29 is 112 Å². The summed E-state index contributed by atoms with van der Waals surface area (Å²) in [6, 6.07) is -3.36. The Kier molecular flexibility index (Phi) is 36.0. The van der Waals surface area contributed by atoms with E-state index in [1.165, 1.54) is 19.1 Å². The summed E-state index contributed by atoms with van der Waals surface area (Å²) >= 11 is 0. The molecule has 5 atom stereocenters. The maximum Gasteiger partial charge on any atom is 0.326 e. The first kappa shape index (κ1) is 84.3. The fourth-order valence-electron chi connectivity index (χ4n) is 10.8. The molecule has 1 aliphatic heterocycles. The number of hydrogen-bond acceptors (Lipinski definition) is 19. The minimum atomic E-state index is -3.73. The summed E-state index contributed by atoms with van der Waals surface area (Å²) in [5.41, 5.74) is 0.0878. The van der Waals surface area contributed by atoms with E-state index in [-0.39, 0.29) is 141 Å². The molecular formula is C61H97FN12O22Si. The molecule has 0 aliphatic carbocycles. The number of carbonyl (C=O) groups excluding carboxylic acids is 8. The third kappa shape index (κ3) is 32.2. The molecule has 0 aromatic heterocycles. The highest BCUT2D eigenvalue weighted by atomic mass is 28.4. The molecule has 1 heterocycles. The molecule has 1 aromatic carbocycles. The number of nitrogens with zero attached hydrogens (tertiary/aromatic N) is 4. The number of carboxylic acids is 7. The molecule has 0 radical (unpaired) electrons. The zero-order valence-electron chi connectivity index (χ0n) is 56.0. The van der Waals surface area contributed by atoms with Crippen LogP contribution in [0.1, 0.15) is 129 Å². The van der Waals surface area contributed by atoms with Gasteiger partial charge in [-0.1, -0.05) is 53.7 Å². The molecule has 1 saturated heterocycles.